The van der Waals surface area contributed by atoms with E-state index in [0.717, 1.165) is 32.5 Å². The molecule has 0 aromatic carbocycles. The van der Waals surface area contributed by atoms with Crippen molar-refractivity contribution >= 4 is 11.9 Å². The molecule has 8 nitrogen and oxygen atoms in total. The van der Waals surface area contributed by atoms with Gasteiger partial charge in [-0.3, -0.25) is 15.0 Å². The molecular weight excluding hydrogens is 274 g/mol. The van der Waals surface area contributed by atoms with E-state index in [9.17, 15) is 4.79 Å². The molecule has 1 saturated carbocycles. The van der Waals surface area contributed by atoms with Crippen molar-refractivity contribution in [3.8, 4) is 0 Å². The lowest BCUT2D eigenvalue weighted by Crippen LogP contribution is -2.45. The molecule has 0 radical (unpaired) electrons. The predicted octanol–water partition coefficient (Wildman–Crippen LogP) is -0.194. The van der Waals surface area contributed by atoms with E-state index in [1.165, 1.54) is 0 Å². The number of hydrogen-bond donors (Lipinski definition) is 2. The Morgan fingerprint density at radius 3 is 3.05 bits per heavy atom. The van der Waals surface area contributed by atoms with Crippen LogP contribution in [0.3, 0.4) is 0 Å². The zero-order chi connectivity index (χ0) is 14.7. The molecule has 1 unspecified atom stereocenters. The molecule has 1 aromatic heterocycles. The highest BCUT2D eigenvalue weighted by Crippen LogP contribution is 2.39. The summed E-state index contributed by atoms with van der Waals surface area (Å²) in [5.74, 6) is 0.856. The number of amides is 1. The summed E-state index contributed by atoms with van der Waals surface area (Å²) in [4.78, 5) is 13.8. The van der Waals surface area contributed by atoms with Crippen molar-refractivity contribution < 1.29 is 13.9 Å². The summed E-state index contributed by atoms with van der Waals surface area (Å²) in [6.07, 6.45) is 2.31. The monoisotopic (exact) mass is 295 g/mol. The fourth-order valence-corrected chi connectivity index (χ4v) is 2.33. The van der Waals surface area contributed by atoms with Crippen LogP contribution in [0.2, 0.25) is 0 Å². The first-order chi connectivity index (χ1) is 10.2. The zero-order valence-corrected chi connectivity index (χ0v) is 12.2. The summed E-state index contributed by atoms with van der Waals surface area (Å²) < 4.78 is 11.0. The molecule has 1 aromatic rings. The molecule has 1 aliphatic heterocycles. The third kappa shape index (κ3) is 4.23. The number of likely N-dealkylation sites (N-methyl/N-ethyl adjacent to an activating group) is 1. The third-order valence-electron chi connectivity index (χ3n) is 3.55. The first kappa shape index (κ1) is 14.4. The third-order valence-corrected chi connectivity index (χ3v) is 3.55. The maximum Gasteiger partial charge on any atom is 0.322 e. The second-order valence-corrected chi connectivity index (χ2v) is 5.66. The normalized spacial score (nSPS) is 22.5. The van der Waals surface area contributed by atoms with Gasteiger partial charge in [0.1, 0.15) is 0 Å². The average Bonchev–Trinajstić information content (AvgIpc) is 3.20. The number of ether oxygens (including phenoxy) is 1. The molecule has 1 atom stereocenters. The van der Waals surface area contributed by atoms with Gasteiger partial charge in [-0.05, 0) is 19.9 Å². The second kappa shape index (κ2) is 6.50. The van der Waals surface area contributed by atoms with E-state index < -0.39 is 0 Å². The molecule has 1 amide bonds. The maximum atomic E-state index is 11.9. The summed E-state index contributed by atoms with van der Waals surface area (Å²) >= 11 is 0. The van der Waals surface area contributed by atoms with E-state index in [0.29, 0.717) is 18.4 Å². The summed E-state index contributed by atoms with van der Waals surface area (Å²) in [6, 6.07) is 0.186. The van der Waals surface area contributed by atoms with Gasteiger partial charge < -0.3 is 14.5 Å². The van der Waals surface area contributed by atoms with Crippen molar-refractivity contribution in [2.24, 2.45) is 0 Å². The Bertz CT molecular complexity index is 482. The van der Waals surface area contributed by atoms with E-state index in [2.05, 4.69) is 20.8 Å². The van der Waals surface area contributed by atoms with E-state index in [1.54, 1.807) is 0 Å². The van der Waals surface area contributed by atoms with Crippen LogP contribution >= 0.6 is 0 Å². The van der Waals surface area contributed by atoms with Gasteiger partial charge in [-0.2, -0.15) is 0 Å². The largest absolute Gasteiger partial charge is 0.408 e. The second-order valence-electron chi connectivity index (χ2n) is 5.66. The number of aromatic nitrogens is 2. The number of carbonyl (C=O) groups excluding carboxylic acids is 1. The number of morpholine rings is 1. The summed E-state index contributed by atoms with van der Waals surface area (Å²) in [7, 11) is 1.89. The van der Waals surface area contributed by atoms with Crippen LogP contribution in [0.15, 0.2) is 4.42 Å². The van der Waals surface area contributed by atoms with Gasteiger partial charge in [-0.1, -0.05) is 5.10 Å². The van der Waals surface area contributed by atoms with Crippen LogP contribution in [0, 0.1) is 0 Å². The topological polar surface area (TPSA) is 92.5 Å². The first-order valence-electron chi connectivity index (χ1n) is 7.35. The van der Waals surface area contributed by atoms with E-state index in [1.807, 2.05) is 11.9 Å². The molecule has 0 bridgehead atoms. The van der Waals surface area contributed by atoms with E-state index in [-0.39, 0.29) is 24.6 Å². The molecule has 8 heteroatoms. The molecule has 2 fully saturated rings. The van der Waals surface area contributed by atoms with Crippen molar-refractivity contribution in [3.63, 3.8) is 0 Å². The number of carbonyl (C=O) groups is 1. The van der Waals surface area contributed by atoms with Crippen molar-refractivity contribution in [3.05, 3.63) is 5.89 Å². The van der Waals surface area contributed by atoms with Crippen LogP contribution in [0.5, 0.6) is 0 Å². The first-order valence-corrected chi connectivity index (χ1v) is 7.35. The minimum atomic E-state index is -0.160. The molecular formula is C13H21N5O3. The van der Waals surface area contributed by atoms with Crippen LogP contribution in [0.1, 0.15) is 24.7 Å². The van der Waals surface area contributed by atoms with Gasteiger partial charge in [0.15, 0.2) is 0 Å². The Balaban J connectivity index is 1.41. The van der Waals surface area contributed by atoms with Crippen molar-refractivity contribution in [2.75, 3.05) is 45.2 Å². The highest BCUT2D eigenvalue weighted by molar-refractivity contribution is 5.90. The fourth-order valence-electron chi connectivity index (χ4n) is 2.33. The molecule has 2 N–H and O–H groups in total. The minimum absolute atomic E-state index is 0.126. The molecule has 21 heavy (non-hydrogen) atoms. The molecule has 116 valence electrons. The van der Waals surface area contributed by atoms with Gasteiger partial charge >= 0.3 is 6.01 Å². The summed E-state index contributed by atoms with van der Waals surface area (Å²) in [5, 5.41) is 13.7. The highest BCUT2D eigenvalue weighted by Gasteiger charge is 2.29. The van der Waals surface area contributed by atoms with Crippen molar-refractivity contribution in [1.82, 2.24) is 20.4 Å². The maximum absolute atomic E-state index is 11.9. The molecule has 3 rings (SSSR count). The number of rotatable bonds is 6. The minimum Gasteiger partial charge on any atom is -0.408 e. The standard InChI is InChI=1S/C13H21N5O3/c1-18(7-10-6-14-4-5-20-10)8-11(19)15-13-17-16-12(21-13)9-2-3-9/h9-10,14H,2-8H2,1H3,(H,15,17,19). The Labute approximate surface area is 123 Å². The lowest BCUT2D eigenvalue weighted by atomic mass is 10.3. The van der Waals surface area contributed by atoms with E-state index in [4.69, 9.17) is 9.15 Å². The quantitative estimate of drug-likeness (QED) is 0.751. The number of nitrogens with one attached hydrogen (secondary N) is 2. The predicted molar refractivity (Wildman–Crippen MR) is 75.0 cm³/mol. The SMILES string of the molecule is CN(CC(=O)Nc1nnc(C2CC2)o1)CC1CNCCO1. The summed E-state index contributed by atoms with van der Waals surface area (Å²) in [6.45, 7) is 3.40. The van der Waals surface area contributed by atoms with Crippen molar-refractivity contribution in [1.29, 1.82) is 0 Å². The van der Waals surface area contributed by atoms with Crippen LogP contribution in [-0.4, -0.2) is 66.9 Å². The van der Waals surface area contributed by atoms with Gasteiger partial charge in [0.25, 0.3) is 0 Å². The number of nitrogens with zero attached hydrogens (tertiary/aromatic N) is 3. The zero-order valence-electron chi connectivity index (χ0n) is 12.2. The lowest BCUT2D eigenvalue weighted by Gasteiger charge is -2.27. The van der Waals surface area contributed by atoms with Gasteiger partial charge in [-0.15, -0.1) is 5.10 Å². The van der Waals surface area contributed by atoms with Crippen LogP contribution < -0.4 is 10.6 Å². The van der Waals surface area contributed by atoms with Crippen LogP contribution in [-0.2, 0) is 9.53 Å². The Morgan fingerprint density at radius 2 is 2.33 bits per heavy atom. The van der Waals surface area contributed by atoms with Gasteiger partial charge in [0.05, 0.1) is 19.3 Å². The van der Waals surface area contributed by atoms with Gasteiger partial charge in [0.2, 0.25) is 11.8 Å². The summed E-state index contributed by atoms with van der Waals surface area (Å²) in [5.41, 5.74) is 0. The smallest absolute Gasteiger partial charge is 0.322 e. The van der Waals surface area contributed by atoms with E-state index >= 15 is 0 Å². The van der Waals surface area contributed by atoms with Crippen LogP contribution in [0.25, 0.3) is 0 Å². The molecule has 2 aliphatic rings. The average molecular weight is 295 g/mol. The van der Waals surface area contributed by atoms with Gasteiger partial charge in [-0.25, -0.2) is 0 Å². The Morgan fingerprint density at radius 1 is 1.48 bits per heavy atom. The number of hydrogen-bond acceptors (Lipinski definition) is 7. The van der Waals surface area contributed by atoms with Gasteiger partial charge in [0, 0.05) is 25.6 Å². The molecule has 1 aliphatic carbocycles. The number of anilines is 1. The molecule has 1 saturated heterocycles. The lowest BCUT2D eigenvalue weighted by molar-refractivity contribution is -0.117. The fraction of sp³-hybridized carbons (Fsp3) is 0.769. The van der Waals surface area contributed by atoms with Crippen molar-refractivity contribution in [2.45, 2.75) is 24.9 Å². The molecule has 0 spiro atoms. The Hall–Kier alpha value is -1.51. The Kier molecular flexibility index (Phi) is 4.47. The van der Waals surface area contributed by atoms with Crippen LogP contribution in [0.4, 0.5) is 6.01 Å². The molecule has 2 heterocycles. The highest BCUT2D eigenvalue weighted by atomic mass is 16.5.